The lowest BCUT2D eigenvalue weighted by Crippen LogP contribution is -2.15. The second kappa shape index (κ2) is 7.34. The summed E-state index contributed by atoms with van der Waals surface area (Å²) >= 11 is 0. The highest BCUT2D eigenvalue weighted by Gasteiger charge is 2.30. The second-order valence-corrected chi connectivity index (χ2v) is 6.79. The van der Waals surface area contributed by atoms with Crippen LogP contribution in [0.15, 0.2) is 42.6 Å². The van der Waals surface area contributed by atoms with Gasteiger partial charge in [-0.05, 0) is 48.4 Å². The quantitative estimate of drug-likeness (QED) is 0.795. The summed E-state index contributed by atoms with van der Waals surface area (Å²) in [6, 6.07) is 8.82. The van der Waals surface area contributed by atoms with Gasteiger partial charge in [-0.1, -0.05) is 32.0 Å². The number of benzene rings is 1. The van der Waals surface area contributed by atoms with E-state index >= 15 is 0 Å². The van der Waals surface area contributed by atoms with Crippen LogP contribution in [-0.2, 0) is 12.6 Å². The molecular formula is C19H22F3NO. The smallest absolute Gasteiger partial charge is 0.396 e. The molecule has 2 aromatic rings. The van der Waals surface area contributed by atoms with Crippen LogP contribution in [0.5, 0.6) is 0 Å². The number of alkyl halides is 3. The number of aliphatic hydroxyl groups is 1. The summed E-state index contributed by atoms with van der Waals surface area (Å²) in [5.41, 5.74) is 1.80. The predicted octanol–water partition coefficient (Wildman–Crippen LogP) is 5.11. The molecule has 1 aromatic heterocycles. The maximum Gasteiger partial charge on any atom is 0.416 e. The zero-order valence-corrected chi connectivity index (χ0v) is 13.9. The molecule has 0 fully saturated rings. The standard InChI is InChI=1S/C19H22F3NO/c1-18(2,10-3-11-24)12-14-4-9-17(23-13-14)15-5-7-16(8-6-15)19(20,21)22/h4-9,13,24H,3,10-12H2,1-2H3. The van der Waals surface area contributed by atoms with Crippen molar-refractivity contribution in [3.05, 3.63) is 53.7 Å². The third-order valence-electron chi connectivity index (χ3n) is 4.03. The molecule has 0 saturated carbocycles. The van der Waals surface area contributed by atoms with E-state index in [9.17, 15) is 13.2 Å². The van der Waals surface area contributed by atoms with E-state index in [-0.39, 0.29) is 12.0 Å². The maximum absolute atomic E-state index is 12.6. The molecule has 130 valence electrons. The molecule has 0 atom stereocenters. The van der Waals surface area contributed by atoms with Gasteiger partial charge in [0.2, 0.25) is 0 Å². The van der Waals surface area contributed by atoms with Crippen molar-refractivity contribution < 1.29 is 18.3 Å². The Labute approximate surface area is 140 Å². The van der Waals surface area contributed by atoms with Gasteiger partial charge in [0.05, 0.1) is 11.3 Å². The van der Waals surface area contributed by atoms with Crippen molar-refractivity contribution in [2.24, 2.45) is 5.41 Å². The van der Waals surface area contributed by atoms with Gasteiger partial charge >= 0.3 is 6.18 Å². The first-order chi connectivity index (χ1) is 11.2. The molecule has 1 heterocycles. The lowest BCUT2D eigenvalue weighted by Gasteiger charge is -2.24. The van der Waals surface area contributed by atoms with Gasteiger partial charge in [-0.15, -0.1) is 0 Å². The van der Waals surface area contributed by atoms with Crippen molar-refractivity contribution in [3.63, 3.8) is 0 Å². The van der Waals surface area contributed by atoms with Gasteiger partial charge in [-0.25, -0.2) is 0 Å². The summed E-state index contributed by atoms with van der Waals surface area (Å²) in [5.74, 6) is 0. The molecule has 1 N–H and O–H groups in total. The zero-order chi connectivity index (χ0) is 17.8. The minimum absolute atomic E-state index is 0.0697. The normalized spacial score (nSPS) is 12.4. The van der Waals surface area contributed by atoms with E-state index in [0.717, 1.165) is 37.0 Å². The number of hydrogen-bond acceptors (Lipinski definition) is 2. The average Bonchev–Trinajstić information content (AvgIpc) is 2.53. The molecule has 0 aliphatic rings. The number of aromatic nitrogens is 1. The minimum atomic E-state index is -4.32. The fourth-order valence-corrected chi connectivity index (χ4v) is 2.73. The molecule has 0 bridgehead atoms. The molecule has 0 spiro atoms. The van der Waals surface area contributed by atoms with Crippen LogP contribution in [0.3, 0.4) is 0 Å². The van der Waals surface area contributed by atoms with Crippen molar-refractivity contribution in [1.82, 2.24) is 4.98 Å². The molecule has 2 nitrogen and oxygen atoms in total. The molecule has 0 unspecified atom stereocenters. The van der Waals surface area contributed by atoms with Crippen LogP contribution < -0.4 is 0 Å². The third-order valence-corrected chi connectivity index (χ3v) is 4.03. The van der Waals surface area contributed by atoms with Gasteiger partial charge < -0.3 is 5.11 Å². The Balaban J connectivity index is 2.09. The molecule has 5 heteroatoms. The first-order valence-electron chi connectivity index (χ1n) is 7.95. The summed E-state index contributed by atoms with van der Waals surface area (Å²) in [6.07, 6.45) is -0.0226. The summed E-state index contributed by atoms with van der Waals surface area (Å²) in [5, 5.41) is 8.95. The fraction of sp³-hybridized carbons (Fsp3) is 0.421. The van der Waals surface area contributed by atoms with Crippen LogP contribution in [0.4, 0.5) is 13.2 Å². The van der Waals surface area contributed by atoms with Gasteiger partial charge in [0, 0.05) is 18.4 Å². The largest absolute Gasteiger partial charge is 0.416 e. The van der Waals surface area contributed by atoms with E-state index in [1.54, 1.807) is 6.20 Å². The lowest BCUT2D eigenvalue weighted by molar-refractivity contribution is -0.137. The third kappa shape index (κ3) is 5.06. The van der Waals surface area contributed by atoms with Gasteiger partial charge in [0.1, 0.15) is 0 Å². The summed E-state index contributed by atoms with van der Waals surface area (Å²) < 4.78 is 37.8. The Bertz CT molecular complexity index is 646. The van der Waals surface area contributed by atoms with Crippen LogP contribution in [0.1, 0.15) is 37.8 Å². The number of halogens is 3. The monoisotopic (exact) mass is 337 g/mol. The minimum Gasteiger partial charge on any atom is -0.396 e. The summed E-state index contributed by atoms with van der Waals surface area (Å²) in [6.45, 7) is 4.48. The molecule has 24 heavy (non-hydrogen) atoms. The number of nitrogens with zero attached hydrogens (tertiary/aromatic N) is 1. The molecule has 2 rings (SSSR count). The van der Waals surface area contributed by atoms with Gasteiger partial charge in [0.25, 0.3) is 0 Å². The highest BCUT2D eigenvalue weighted by molar-refractivity contribution is 5.59. The van der Waals surface area contributed by atoms with Crippen LogP contribution in [0.2, 0.25) is 0 Å². The topological polar surface area (TPSA) is 33.1 Å². The van der Waals surface area contributed by atoms with E-state index in [0.29, 0.717) is 11.3 Å². The first kappa shape index (κ1) is 18.5. The van der Waals surface area contributed by atoms with E-state index in [1.165, 1.54) is 12.1 Å². The molecule has 1 aromatic carbocycles. The van der Waals surface area contributed by atoms with E-state index < -0.39 is 11.7 Å². The van der Waals surface area contributed by atoms with Gasteiger partial charge in [-0.3, -0.25) is 4.98 Å². The Hall–Kier alpha value is -1.88. The fourth-order valence-electron chi connectivity index (χ4n) is 2.73. The molecule has 0 radical (unpaired) electrons. The Morgan fingerprint density at radius 1 is 1.00 bits per heavy atom. The molecule has 0 aliphatic carbocycles. The number of pyridine rings is 1. The predicted molar refractivity (Wildman–Crippen MR) is 88.5 cm³/mol. The van der Waals surface area contributed by atoms with Crippen LogP contribution in [0, 0.1) is 5.41 Å². The highest BCUT2D eigenvalue weighted by atomic mass is 19.4. The number of rotatable bonds is 6. The van der Waals surface area contributed by atoms with Crippen molar-refractivity contribution in [3.8, 4) is 11.3 Å². The second-order valence-electron chi connectivity index (χ2n) is 6.79. The lowest BCUT2D eigenvalue weighted by atomic mass is 9.82. The molecule has 0 amide bonds. The average molecular weight is 337 g/mol. The number of aliphatic hydroxyl groups excluding tert-OH is 1. The van der Waals surface area contributed by atoms with E-state index in [2.05, 4.69) is 18.8 Å². The van der Waals surface area contributed by atoms with Crippen molar-refractivity contribution in [2.45, 2.75) is 39.3 Å². The van der Waals surface area contributed by atoms with E-state index in [4.69, 9.17) is 5.11 Å². The van der Waals surface area contributed by atoms with Crippen molar-refractivity contribution in [1.29, 1.82) is 0 Å². The van der Waals surface area contributed by atoms with E-state index in [1.807, 2.05) is 12.1 Å². The van der Waals surface area contributed by atoms with Crippen LogP contribution in [0.25, 0.3) is 11.3 Å². The van der Waals surface area contributed by atoms with Crippen molar-refractivity contribution in [2.75, 3.05) is 6.61 Å². The van der Waals surface area contributed by atoms with Crippen LogP contribution >= 0.6 is 0 Å². The van der Waals surface area contributed by atoms with Crippen LogP contribution in [-0.4, -0.2) is 16.7 Å². The maximum atomic E-state index is 12.6. The zero-order valence-electron chi connectivity index (χ0n) is 13.9. The number of hydrogen-bond donors (Lipinski definition) is 1. The molecule has 0 aliphatic heterocycles. The van der Waals surface area contributed by atoms with Crippen molar-refractivity contribution >= 4 is 0 Å². The Morgan fingerprint density at radius 2 is 1.67 bits per heavy atom. The molecular weight excluding hydrogens is 315 g/mol. The summed E-state index contributed by atoms with van der Waals surface area (Å²) in [7, 11) is 0. The SMILES string of the molecule is CC(C)(CCCO)Cc1ccc(-c2ccc(C(F)(F)F)cc2)nc1. The van der Waals surface area contributed by atoms with Gasteiger partial charge in [0.15, 0.2) is 0 Å². The Morgan fingerprint density at radius 3 is 2.17 bits per heavy atom. The highest BCUT2D eigenvalue weighted by Crippen LogP contribution is 2.31. The first-order valence-corrected chi connectivity index (χ1v) is 7.95. The van der Waals surface area contributed by atoms with Gasteiger partial charge in [-0.2, -0.15) is 13.2 Å². The summed E-state index contributed by atoms with van der Waals surface area (Å²) in [4.78, 5) is 4.37. The molecule has 0 saturated heterocycles. The Kier molecular flexibility index (Phi) is 5.65.